The van der Waals surface area contributed by atoms with Crippen LogP contribution in [0.3, 0.4) is 0 Å². The van der Waals surface area contributed by atoms with Gasteiger partial charge < -0.3 is 5.11 Å². The van der Waals surface area contributed by atoms with Gasteiger partial charge in [0.1, 0.15) is 0 Å². The number of hydrogen-bond donors (Lipinski definition) is 1. The first-order valence-corrected chi connectivity index (χ1v) is 7.87. The molecule has 1 N–H and O–H groups in total. The van der Waals surface area contributed by atoms with Crippen molar-refractivity contribution < 1.29 is 5.11 Å². The van der Waals surface area contributed by atoms with Gasteiger partial charge in [0.05, 0.1) is 0 Å². The molecule has 1 aliphatic carbocycles. The summed E-state index contributed by atoms with van der Waals surface area (Å²) in [6, 6.07) is 0. The second-order valence-corrected chi connectivity index (χ2v) is 6.65. The van der Waals surface area contributed by atoms with Crippen LogP contribution in [0.2, 0.25) is 0 Å². The highest BCUT2D eigenvalue weighted by Crippen LogP contribution is 2.40. The molecule has 0 unspecified atom stereocenters. The van der Waals surface area contributed by atoms with E-state index in [0.29, 0.717) is 0 Å². The van der Waals surface area contributed by atoms with Crippen molar-refractivity contribution in [1.82, 2.24) is 0 Å². The molecule has 0 saturated heterocycles. The van der Waals surface area contributed by atoms with Gasteiger partial charge in [-0.15, -0.1) is 0 Å². The molecule has 0 aromatic heterocycles. The molecule has 1 rings (SSSR count). The van der Waals surface area contributed by atoms with Crippen LogP contribution in [0.5, 0.6) is 0 Å². The smallest absolute Gasteiger partial charge is 0.0468 e. The van der Waals surface area contributed by atoms with E-state index in [9.17, 15) is 0 Å². The number of rotatable bonds is 5. The van der Waals surface area contributed by atoms with Crippen LogP contribution in [0.4, 0.5) is 0 Å². The van der Waals surface area contributed by atoms with Crippen molar-refractivity contribution >= 4 is 0 Å². The normalized spacial score (nSPS) is 22.0. The Kier molecular flexibility index (Phi) is 6.91. The topological polar surface area (TPSA) is 20.2 Å². The van der Waals surface area contributed by atoms with Crippen LogP contribution in [0.15, 0.2) is 58.7 Å². The highest BCUT2D eigenvalue weighted by Gasteiger charge is 2.26. The molecule has 0 aromatic rings. The van der Waals surface area contributed by atoms with Gasteiger partial charge in [-0.05, 0) is 51.0 Å². The molecule has 116 valence electrons. The Labute approximate surface area is 130 Å². The summed E-state index contributed by atoms with van der Waals surface area (Å²) in [4.78, 5) is 0. The van der Waals surface area contributed by atoms with Gasteiger partial charge in [-0.1, -0.05) is 67.0 Å². The van der Waals surface area contributed by atoms with Gasteiger partial charge in [0.2, 0.25) is 0 Å². The maximum absolute atomic E-state index is 8.86. The van der Waals surface area contributed by atoms with E-state index in [2.05, 4.69) is 64.2 Å². The van der Waals surface area contributed by atoms with Crippen molar-refractivity contribution in [1.29, 1.82) is 0 Å². The minimum Gasteiger partial charge on any atom is -0.396 e. The molecule has 0 saturated carbocycles. The van der Waals surface area contributed by atoms with Crippen molar-refractivity contribution in [3.05, 3.63) is 58.7 Å². The third kappa shape index (κ3) is 5.89. The largest absolute Gasteiger partial charge is 0.396 e. The van der Waals surface area contributed by atoms with Gasteiger partial charge in [-0.3, -0.25) is 0 Å². The number of aliphatic hydroxyl groups is 1. The Bertz CT molecular complexity index is 496. The first-order chi connectivity index (χ1) is 9.86. The van der Waals surface area contributed by atoms with Crippen LogP contribution in [0.25, 0.3) is 0 Å². The summed E-state index contributed by atoms with van der Waals surface area (Å²) >= 11 is 0. The SMILES string of the molecule is CC(=C/C=C/C(C)=C/C=C1\C(C)=CCCC1(C)C)CCO. The fraction of sp³-hybridized carbons (Fsp3) is 0.500. The van der Waals surface area contributed by atoms with Crippen molar-refractivity contribution in [2.45, 2.75) is 53.9 Å². The first-order valence-electron chi connectivity index (χ1n) is 7.87. The van der Waals surface area contributed by atoms with Crippen LogP contribution in [-0.4, -0.2) is 11.7 Å². The van der Waals surface area contributed by atoms with Crippen LogP contribution in [0.1, 0.15) is 53.9 Å². The van der Waals surface area contributed by atoms with E-state index in [1.807, 2.05) is 6.92 Å². The van der Waals surface area contributed by atoms with Crippen molar-refractivity contribution in [2.75, 3.05) is 6.61 Å². The summed E-state index contributed by atoms with van der Waals surface area (Å²) in [5.74, 6) is 0. The molecular formula is C20H30O. The molecule has 0 heterocycles. The Hall–Kier alpha value is -1.34. The summed E-state index contributed by atoms with van der Waals surface area (Å²) in [6.07, 6.45) is 16.2. The number of hydrogen-bond acceptors (Lipinski definition) is 1. The maximum Gasteiger partial charge on any atom is 0.0468 e. The molecule has 0 fully saturated rings. The lowest BCUT2D eigenvalue weighted by atomic mass is 9.73. The van der Waals surface area contributed by atoms with Gasteiger partial charge in [0.25, 0.3) is 0 Å². The van der Waals surface area contributed by atoms with E-state index in [0.717, 1.165) is 6.42 Å². The van der Waals surface area contributed by atoms with Crippen LogP contribution in [-0.2, 0) is 0 Å². The lowest BCUT2D eigenvalue weighted by Gasteiger charge is -2.32. The van der Waals surface area contributed by atoms with E-state index in [-0.39, 0.29) is 12.0 Å². The molecule has 21 heavy (non-hydrogen) atoms. The zero-order chi connectivity index (χ0) is 15.9. The third-order valence-corrected chi connectivity index (χ3v) is 4.13. The van der Waals surface area contributed by atoms with E-state index in [1.165, 1.54) is 35.1 Å². The van der Waals surface area contributed by atoms with E-state index in [1.54, 1.807) is 0 Å². The lowest BCUT2D eigenvalue weighted by Crippen LogP contribution is -2.18. The summed E-state index contributed by atoms with van der Waals surface area (Å²) in [7, 11) is 0. The molecule has 0 radical (unpaired) electrons. The summed E-state index contributed by atoms with van der Waals surface area (Å²) in [5.41, 5.74) is 5.58. The summed E-state index contributed by atoms with van der Waals surface area (Å²) < 4.78 is 0. The zero-order valence-corrected chi connectivity index (χ0v) is 14.2. The molecule has 0 atom stereocenters. The monoisotopic (exact) mass is 286 g/mol. The standard InChI is InChI=1S/C20H30O/c1-16(8-6-9-17(2)13-15-21)11-12-19-18(3)10-7-14-20(19,4)5/h6,8-12,21H,7,13-15H2,1-5H3/b8-6+,16-11+,17-9?,19-12+. The van der Waals surface area contributed by atoms with Gasteiger partial charge in [-0.2, -0.15) is 0 Å². The molecule has 1 heteroatoms. The average Bonchev–Trinajstić information content (AvgIpc) is 2.37. The van der Waals surface area contributed by atoms with Gasteiger partial charge in [0, 0.05) is 6.61 Å². The van der Waals surface area contributed by atoms with Gasteiger partial charge in [-0.25, -0.2) is 0 Å². The lowest BCUT2D eigenvalue weighted by molar-refractivity contribution is 0.299. The molecule has 1 nitrogen and oxygen atoms in total. The van der Waals surface area contributed by atoms with E-state index in [4.69, 9.17) is 5.11 Å². The minimum absolute atomic E-state index is 0.220. The molecular weight excluding hydrogens is 256 g/mol. The summed E-state index contributed by atoms with van der Waals surface area (Å²) in [5, 5.41) is 8.86. The Morgan fingerprint density at radius 1 is 1.29 bits per heavy atom. The van der Waals surface area contributed by atoms with Crippen LogP contribution in [0, 0.1) is 5.41 Å². The first kappa shape index (κ1) is 17.7. The van der Waals surface area contributed by atoms with Crippen molar-refractivity contribution in [2.24, 2.45) is 5.41 Å². The highest BCUT2D eigenvalue weighted by atomic mass is 16.2. The summed E-state index contributed by atoms with van der Waals surface area (Å²) in [6.45, 7) is 11.3. The minimum atomic E-state index is 0.220. The average molecular weight is 286 g/mol. The second kappa shape index (κ2) is 8.19. The van der Waals surface area contributed by atoms with Crippen LogP contribution < -0.4 is 0 Å². The molecule has 0 amide bonds. The van der Waals surface area contributed by atoms with E-state index >= 15 is 0 Å². The van der Waals surface area contributed by atoms with Crippen molar-refractivity contribution in [3.63, 3.8) is 0 Å². The van der Waals surface area contributed by atoms with Crippen LogP contribution >= 0.6 is 0 Å². The van der Waals surface area contributed by atoms with Crippen molar-refractivity contribution in [3.8, 4) is 0 Å². The van der Waals surface area contributed by atoms with E-state index < -0.39 is 0 Å². The van der Waals surface area contributed by atoms with Gasteiger partial charge >= 0.3 is 0 Å². The zero-order valence-electron chi connectivity index (χ0n) is 14.2. The Morgan fingerprint density at radius 2 is 2.00 bits per heavy atom. The molecule has 0 bridgehead atoms. The maximum atomic E-state index is 8.86. The number of aliphatic hydroxyl groups excluding tert-OH is 1. The quantitative estimate of drug-likeness (QED) is 0.661. The predicted octanol–water partition coefficient (Wildman–Crippen LogP) is 5.51. The second-order valence-electron chi connectivity index (χ2n) is 6.65. The molecule has 0 aromatic carbocycles. The van der Waals surface area contributed by atoms with Gasteiger partial charge in [0.15, 0.2) is 0 Å². The predicted molar refractivity (Wildman–Crippen MR) is 93.2 cm³/mol. The Morgan fingerprint density at radius 3 is 2.62 bits per heavy atom. The Balaban J connectivity index is 2.80. The molecule has 1 aliphatic rings. The molecule has 0 spiro atoms. The fourth-order valence-corrected chi connectivity index (χ4v) is 2.68. The number of allylic oxidation sites excluding steroid dienone is 9. The third-order valence-electron chi connectivity index (χ3n) is 4.13. The fourth-order valence-electron chi connectivity index (χ4n) is 2.68. The molecule has 0 aliphatic heterocycles. The highest BCUT2D eigenvalue weighted by molar-refractivity contribution is 5.40.